The van der Waals surface area contributed by atoms with Crippen LogP contribution in [-0.4, -0.2) is 17.4 Å². The fourth-order valence-electron chi connectivity index (χ4n) is 1.92. The van der Waals surface area contributed by atoms with E-state index in [2.05, 4.69) is 10.3 Å². The molecule has 1 aromatic carbocycles. The second kappa shape index (κ2) is 6.73. The lowest BCUT2D eigenvalue weighted by atomic mass is 10.1. The molecular weight excluding hydrogens is 296 g/mol. The van der Waals surface area contributed by atoms with Crippen LogP contribution >= 0.6 is 11.3 Å². The van der Waals surface area contributed by atoms with Crippen molar-refractivity contribution < 1.29 is 13.6 Å². The summed E-state index contributed by atoms with van der Waals surface area (Å²) in [6, 6.07) is 2.80. The van der Waals surface area contributed by atoms with Crippen molar-refractivity contribution in [3.63, 3.8) is 0 Å². The van der Waals surface area contributed by atoms with Crippen molar-refractivity contribution >= 4 is 17.2 Å². The maximum atomic E-state index is 13.6. The summed E-state index contributed by atoms with van der Waals surface area (Å²) in [7, 11) is 0. The molecule has 7 heteroatoms. The summed E-state index contributed by atoms with van der Waals surface area (Å²) in [5.41, 5.74) is 5.48. The number of hydrogen-bond donors (Lipinski definition) is 2. The van der Waals surface area contributed by atoms with Gasteiger partial charge in [0.2, 0.25) is 0 Å². The minimum absolute atomic E-state index is 0.164. The van der Waals surface area contributed by atoms with Crippen molar-refractivity contribution in [2.45, 2.75) is 19.4 Å². The maximum Gasteiger partial charge on any atom is 0.271 e. The first-order valence-corrected chi connectivity index (χ1v) is 7.30. The highest BCUT2D eigenvalue weighted by atomic mass is 32.1. The number of amides is 1. The highest BCUT2D eigenvalue weighted by molar-refractivity contribution is 7.09. The quantitative estimate of drug-likeness (QED) is 0.891. The number of carbonyl (C=O) groups excluding carboxylic acids is 1. The molecule has 0 aliphatic heterocycles. The molecule has 2 rings (SSSR count). The summed E-state index contributed by atoms with van der Waals surface area (Å²) in [6.45, 7) is 1.97. The Labute approximate surface area is 125 Å². The van der Waals surface area contributed by atoms with Crippen LogP contribution in [0, 0.1) is 11.6 Å². The molecule has 0 saturated heterocycles. The van der Waals surface area contributed by atoms with Crippen LogP contribution in [0.25, 0.3) is 0 Å². The Kier molecular flexibility index (Phi) is 4.98. The van der Waals surface area contributed by atoms with Gasteiger partial charge in [0.05, 0.1) is 11.0 Å². The van der Waals surface area contributed by atoms with E-state index in [0.29, 0.717) is 13.0 Å². The molecular formula is C14H15F2N3OS. The van der Waals surface area contributed by atoms with E-state index in [-0.39, 0.29) is 11.3 Å². The van der Waals surface area contributed by atoms with E-state index >= 15 is 0 Å². The minimum Gasteiger partial charge on any atom is -0.344 e. The van der Waals surface area contributed by atoms with Crippen molar-refractivity contribution in [2.75, 3.05) is 6.54 Å². The van der Waals surface area contributed by atoms with Gasteiger partial charge < -0.3 is 11.1 Å². The van der Waals surface area contributed by atoms with Crippen LogP contribution in [0.5, 0.6) is 0 Å². The number of hydrogen-bond acceptors (Lipinski definition) is 4. The van der Waals surface area contributed by atoms with Gasteiger partial charge in [-0.1, -0.05) is 6.07 Å². The van der Waals surface area contributed by atoms with Crippen molar-refractivity contribution in [3.05, 3.63) is 51.5 Å². The summed E-state index contributed by atoms with van der Waals surface area (Å²) in [5.74, 6) is -1.85. The monoisotopic (exact) mass is 311 g/mol. The van der Waals surface area contributed by atoms with Crippen LogP contribution in [0.15, 0.2) is 23.6 Å². The molecule has 1 aromatic heterocycles. The van der Waals surface area contributed by atoms with Crippen molar-refractivity contribution in [1.29, 1.82) is 0 Å². The highest BCUT2D eigenvalue weighted by Crippen LogP contribution is 2.21. The zero-order valence-corrected chi connectivity index (χ0v) is 12.2. The molecule has 21 heavy (non-hydrogen) atoms. The summed E-state index contributed by atoms with van der Waals surface area (Å²) >= 11 is 1.33. The molecule has 0 bridgehead atoms. The van der Waals surface area contributed by atoms with E-state index < -0.39 is 23.6 Å². The lowest BCUT2D eigenvalue weighted by Gasteiger charge is -2.15. The Morgan fingerprint density at radius 3 is 2.71 bits per heavy atom. The van der Waals surface area contributed by atoms with Gasteiger partial charge in [-0.15, -0.1) is 11.3 Å². The van der Waals surface area contributed by atoms with Gasteiger partial charge in [0.25, 0.3) is 5.91 Å². The zero-order chi connectivity index (χ0) is 15.4. The van der Waals surface area contributed by atoms with E-state index in [1.54, 1.807) is 5.38 Å². The fraction of sp³-hybridized carbons (Fsp3) is 0.286. The third kappa shape index (κ3) is 3.62. The molecule has 3 N–H and O–H groups in total. The second-order valence-electron chi connectivity index (χ2n) is 4.50. The zero-order valence-electron chi connectivity index (χ0n) is 11.4. The third-order valence-electron chi connectivity index (χ3n) is 2.92. The summed E-state index contributed by atoms with van der Waals surface area (Å²) < 4.78 is 27.3. The summed E-state index contributed by atoms with van der Waals surface area (Å²) in [4.78, 5) is 16.2. The first kappa shape index (κ1) is 15.5. The molecule has 1 heterocycles. The first-order chi connectivity index (χ1) is 10.0. The average Bonchev–Trinajstić information content (AvgIpc) is 2.87. The lowest BCUT2D eigenvalue weighted by molar-refractivity contribution is 0.0934. The third-order valence-corrected chi connectivity index (χ3v) is 3.83. The Hall–Kier alpha value is -1.86. The van der Waals surface area contributed by atoms with Gasteiger partial charge in [-0.05, 0) is 25.6 Å². The molecule has 112 valence electrons. The molecule has 1 amide bonds. The van der Waals surface area contributed by atoms with Crippen molar-refractivity contribution in [2.24, 2.45) is 5.73 Å². The van der Waals surface area contributed by atoms with Gasteiger partial charge in [0.1, 0.15) is 17.3 Å². The van der Waals surface area contributed by atoms with Gasteiger partial charge in [0.15, 0.2) is 0 Å². The molecule has 4 nitrogen and oxygen atoms in total. The molecule has 1 unspecified atom stereocenters. The first-order valence-electron chi connectivity index (χ1n) is 6.42. The highest BCUT2D eigenvalue weighted by Gasteiger charge is 2.19. The second-order valence-corrected chi connectivity index (χ2v) is 5.44. The number of halogens is 2. The molecule has 0 spiro atoms. The molecule has 0 aliphatic rings. The maximum absolute atomic E-state index is 13.6. The van der Waals surface area contributed by atoms with Crippen LogP contribution in [0.1, 0.15) is 34.0 Å². The smallest absolute Gasteiger partial charge is 0.271 e. The molecule has 0 aliphatic carbocycles. The number of rotatable bonds is 5. The average molecular weight is 311 g/mol. The molecule has 0 saturated carbocycles. The number of nitrogens with two attached hydrogens (primary N) is 1. The van der Waals surface area contributed by atoms with Gasteiger partial charge in [-0.25, -0.2) is 13.8 Å². The molecule has 1 atom stereocenters. The lowest BCUT2D eigenvalue weighted by Crippen LogP contribution is -2.28. The number of benzene rings is 1. The Morgan fingerprint density at radius 2 is 2.10 bits per heavy atom. The molecule has 0 fully saturated rings. The van der Waals surface area contributed by atoms with Gasteiger partial charge in [-0.2, -0.15) is 0 Å². The SMILES string of the molecule is CC(NC(=O)c1csc(CCN)n1)c1c(F)cccc1F. The number of carbonyl (C=O) groups is 1. The summed E-state index contributed by atoms with van der Waals surface area (Å²) in [6.07, 6.45) is 0.593. The van der Waals surface area contributed by atoms with Crippen LogP contribution in [-0.2, 0) is 6.42 Å². The Morgan fingerprint density at radius 1 is 1.43 bits per heavy atom. The molecule has 2 aromatic rings. The predicted octanol–water partition coefficient (Wildman–Crippen LogP) is 2.41. The van der Waals surface area contributed by atoms with Crippen LogP contribution in [0.2, 0.25) is 0 Å². The Bertz CT molecular complexity index is 625. The van der Waals surface area contributed by atoms with E-state index in [0.717, 1.165) is 17.1 Å². The number of nitrogens with zero attached hydrogens (tertiary/aromatic N) is 1. The fourth-order valence-corrected chi connectivity index (χ4v) is 2.71. The largest absolute Gasteiger partial charge is 0.344 e. The van der Waals surface area contributed by atoms with Gasteiger partial charge >= 0.3 is 0 Å². The Balaban J connectivity index is 2.11. The van der Waals surface area contributed by atoms with E-state index in [4.69, 9.17) is 5.73 Å². The summed E-state index contributed by atoms with van der Waals surface area (Å²) in [5, 5.41) is 4.90. The molecule has 0 radical (unpaired) electrons. The van der Waals surface area contributed by atoms with E-state index in [1.807, 2.05) is 0 Å². The van der Waals surface area contributed by atoms with Crippen molar-refractivity contribution in [1.82, 2.24) is 10.3 Å². The van der Waals surface area contributed by atoms with Gasteiger partial charge in [0, 0.05) is 17.4 Å². The van der Waals surface area contributed by atoms with Crippen LogP contribution < -0.4 is 11.1 Å². The standard InChI is InChI=1S/C14H15F2N3OS/c1-8(13-9(15)3-2-4-10(13)16)18-14(20)11-7-21-12(19-11)5-6-17/h2-4,7-8H,5-6,17H2,1H3,(H,18,20). The van der Waals surface area contributed by atoms with Crippen LogP contribution in [0.4, 0.5) is 8.78 Å². The number of nitrogens with one attached hydrogen (secondary N) is 1. The van der Waals surface area contributed by atoms with Gasteiger partial charge in [-0.3, -0.25) is 4.79 Å². The van der Waals surface area contributed by atoms with Crippen molar-refractivity contribution in [3.8, 4) is 0 Å². The predicted molar refractivity (Wildman–Crippen MR) is 77.1 cm³/mol. The number of aromatic nitrogens is 1. The minimum atomic E-state index is -0.793. The normalized spacial score (nSPS) is 12.2. The number of thiazole rings is 1. The van der Waals surface area contributed by atoms with E-state index in [1.165, 1.54) is 24.3 Å². The topological polar surface area (TPSA) is 68.0 Å². The van der Waals surface area contributed by atoms with Crippen LogP contribution in [0.3, 0.4) is 0 Å². The van der Waals surface area contributed by atoms with E-state index in [9.17, 15) is 13.6 Å².